The normalized spacial score (nSPS) is 15.7. The van der Waals surface area contributed by atoms with Gasteiger partial charge in [0, 0.05) is 17.5 Å². The third-order valence-corrected chi connectivity index (χ3v) is 6.68. The second-order valence-electron chi connectivity index (χ2n) is 7.05. The number of benzene rings is 2. The highest BCUT2D eigenvalue weighted by atomic mass is 32.2. The summed E-state index contributed by atoms with van der Waals surface area (Å²) in [5.41, 5.74) is 2.61. The average Bonchev–Trinajstić information content (AvgIpc) is 3.44. The minimum Gasteiger partial charge on any atom is -0.493 e. The molecule has 34 heavy (non-hydrogen) atoms. The number of amides is 1. The number of thioether (sulfide) groups is 1. The Hall–Kier alpha value is -3.56. The largest absolute Gasteiger partial charge is 0.493 e. The SMILES string of the molecule is C=CCN1C(=O)/C(=C/c2cc(OC)c(OC)c(OC)c2)S/C1=N/c1nc(-c2ccccc2)cs1. The molecule has 1 amide bonds. The Balaban J connectivity index is 1.67. The van der Waals surface area contributed by atoms with Crippen molar-refractivity contribution in [2.24, 2.45) is 4.99 Å². The first-order valence-corrected chi connectivity index (χ1v) is 12.0. The summed E-state index contributed by atoms with van der Waals surface area (Å²) >= 11 is 2.72. The molecule has 0 bridgehead atoms. The summed E-state index contributed by atoms with van der Waals surface area (Å²) in [5, 5.41) is 3.09. The van der Waals surface area contributed by atoms with Gasteiger partial charge in [0.25, 0.3) is 5.91 Å². The van der Waals surface area contributed by atoms with Crippen LogP contribution in [0, 0.1) is 0 Å². The minimum absolute atomic E-state index is 0.155. The molecule has 1 fully saturated rings. The average molecular weight is 494 g/mol. The zero-order valence-corrected chi connectivity index (χ0v) is 20.6. The van der Waals surface area contributed by atoms with Gasteiger partial charge in [0.05, 0.1) is 31.9 Å². The minimum atomic E-state index is -0.155. The third-order valence-electron chi connectivity index (χ3n) is 4.94. The van der Waals surface area contributed by atoms with Crippen LogP contribution in [0.2, 0.25) is 0 Å². The van der Waals surface area contributed by atoms with Crippen molar-refractivity contribution >= 4 is 45.4 Å². The molecule has 0 radical (unpaired) electrons. The highest BCUT2D eigenvalue weighted by Crippen LogP contribution is 2.41. The van der Waals surface area contributed by atoms with Crippen LogP contribution in [0.1, 0.15) is 5.56 Å². The molecule has 0 spiro atoms. The first-order chi connectivity index (χ1) is 16.6. The van der Waals surface area contributed by atoms with Crippen LogP contribution in [0.5, 0.6) is 17.2 Å². The number of hydrogen-bond donors (Lipinski definition) is 0. The number of carbonyl (C=O) groups excluding carboxylic acids is 1. The number of methoxy groups -OCH3 is 3. The Morgan fingerprint density at radius 1 is 1.09 bits per heavy atom. The number of carbonyl (C=O) groups is 1. The lowest BCUT2D eigenvalue weighted by Gasteiger charge is -2.13. The molecule has 2 heterocycles. The molecule has 7 nitrogen and oxygen atoms in total. The summed E-state index contributed by atoms with van der Waals surface area (Å²) in [6.07, 6.45) is 3.46. The fraction of sp³-hybridized carbons (Fsp3) is 0.160. The van der Waals surface area contributed by atoms with Crippen LogP contribution in [0.4, 0.5) is 5.13 Å². The number of thiazole rings is 1. The van der Waals surface area contributed by atoms with Crippen LogP contribution in [-0.2, 0) is 4.79 Å². The first-order valence-electron chi connectivity index (χ1n) is 10.3. The molecule has 2 aromatic carbocycles. The number of ether oxygens (including phenoxy) is 3. The van der Waals surface area contributed by atoms with E-state index >= 15 is 0 Å². The lowest BCUT2D eigenvalue weighted by molar-refractivity contribution is -0.121. The monoisotopic (exact) mass is 493 g/mol. The summed E-state index contributed by atoms with van der Waals surface area (Å²) in [6, 6.07) is 13.5. The molecule has 9 heteroatoms. The van der Waals surface area contributed by atoms with E-state index in [0.29, 0.717) is 39.0 Å². The number of hydrogen-bond acceptors (Lipinski definition) is 8. The van der Waals surface area contributed by atoms with Crippen LogP contribution in [0.15, 0.2) is 70.4 Å². The molecule has 3 aromatic rings. The maximum absolute atomic E-state index is 13.2. The van der Waals surface area contributed by atoms with Crippen molar-refractivity contribution in [3.63, 3.8) is 0 Å². The van der Waals surface area contributed by atoms with Crippen molar-refractivity contribution in [3.05, 3.63) is 71.0 Å². The van der Waals surface area contributed by atoms with Gasteiger partial charge in [0.15, 0.2) is 16.7 Å². The zero-order chi connectivity index (χ0) is 24.1. The summed E-state index contributed by atoms with van der Waals surface area (Å²) in [7, 11) is 4.66. The molecule has 0 aliphatic carbocycles. The van der Waals surface area contributed by atoms with E-state index in [0.717, 1.165) is 16.8 Å². The van der Waals surface area contributed by atoms with E-state index in [1.165, 1.54) is 23.1 Å². The number of rotatable bonds is 8. The number of aliphatic imine (C=N–C) groups is 1. The predicted molar refractivity (Wildman–Crippen MR) is 138 cm³/mol. The lowest BCUT2D eigenvalue weighted by Crippen LogP contribution is -2.29. The van der Waals surface area contributed by atoms with E-state index in [9.17, 15) is 4.79 Å². The molecule has 1 saturated heterocycles. The maximum atomic E-state index is 13.2. The van der Waals surface area contributed by atoms with Crippen molar-refractivity contribution in [1.82, 2.24) is 9.88 Å². The fourth-order valence-electron chi connectivity index (χ4n) is 3.36. The molecule has 0 N–H and O–H groups in total. The Morgan fingerprint density at radius 2 is 1.79 bits per heavy atom. The van der Waals surface area contributed by atoms with E-state index in [1.807, 2.05) is 35.7 Å². The van der Waals surface area contributed by atoms with Crippen LogP contribution < -0.4 is 14.2 Å². The van der Waals surface area contributed by atoms with Gasteiger partial charge in [-0.1, -0.05) is 36.4 Å². The van der Waals surface area contributed by atoms with Gasteiger partial charge in [0.1, 0.15) is 0 Å². The molecule has 0 saturated carbocycles. The summed E-state index contributed by atoms with van der Waals surface area (Å²) in [4.78, 5) is 24.6. The van der Waals surface area contributed by atoms with Crippen LogP contribution in [-0.4, -0.2) is 48.8 Å². The molecule has 0 unspecified atom stereocenters. The quantitative estimate of drug-likeness (QED) is 0.299. The molecule has 1 aliphatic rings. The fourth-order valence-corrected chi connectivity index (χ4v) is 5.10. The van der Waals surface area contributed by atoms with Gasteiger partial charge in [-0.25, -0.2) is 4.98 Å². The second kappa shape index (κ2) is 10.6. The number of nitrogens with zero attached hydrogens (tertiary/aromatic N) is 3. The summed E-state index contributed by atoms with van der Waals surface area (Å²) in [5.74, 6) is 1.36. The van der Waals surface area contributed by atoms with E-state index in [4.69, 9.17) is 14.2 Å². The van der Waals surface area contributed by atoms with Crippen LogP contribution in [0.25, 0.3) is 17.3 Å². The van der Waals surface area contributed by atoms with E-state index < -0.39 is 0 Å². The van der Waals surface area contributed by atoms with Gasteiger partial charge in [0.2, 0.25) is 10.9 Å². The second-order valence-corrected chi connectivity index (χ2v) is 8.90. The summed E-state index contributed by atoms with van der Waals surface area (Å²) in [6.45, 7) is 4.12. The first kappa shape index (κ1) is 23.6. The molecule has 1 aromatic heterocycles. The lowest BCUT2D eigenvalue weighted by atomic mass is 10.1. The Labute approximate surface area is 206 Å². The van der Waals surface area contributed by atoms with Crippen molar-refractivity contribution in [2.45, 2.75) is 0 Å². The zero-order valence-electron chi connectivity index (χ0n) is 19.0. The van der Waals surface area contributed by atoms with Crippen molar-refractivity contribution in [3.8, 4) is 28.5 Å². The Bertz CT molecular complexity index is 1240. The van der Waals surface area contributed by atoms with Crippen molar-refractivity contribution in [2.75, 3.05) is 27.9 Å². The van der Waals surface area contributed by atoms with Gasteiger partial charge in [-0.2, -0.15) is 4.99 Å². The van der Waals surface area contributed by atoms with Gasteiger partial charge in [-0.3, -0.25) is 9.69 Å². The Kier molecular flexibility index (Phi) is 7.34. The van der Waals surface area contributed by atoms with Gasteiger partial charge in [-0.15, -0.1) is 17.9 Å². The number of amidine groups is 1. The van der Waals surface area contributed by atoms with E-state index in [-0.39, 0.29) is 5.91 Å². The molecule has 4 rings (SSSR count). The third kappa shape index (κ3) is 4.85. The molecule has 0 atom stereocenters. The molecule has 1 aliphatic heterocycles. The van der Waals surface area contributed by atoms with Crippen molar-refractivity contribution < 1.29 is 19.0 Å². The van der Waals surface area contributed by atoms with E-state index in [2.05, 4.69) is 16.6 Å². The molecular formula is C25H23N3O4S2. The van der Waals surface area contributed by atoms with E-state index in [1.54, 1.807) is 50.5 Å². The molecule has 174 valence electrons. The molecular weight excluding hydrogens is 470 g/mol. The van der Waals surface area contributed by atoms with Crippen molar-refractivity contribution in [1.29, 1.82) is 0 Å². The topological polar surface area (TPSA) is 73.2 Å². The smallest absolute Gasteiger partial charge is 0.267 e. The van der Waals surface area contributed by atoms with Gasteiger partial charge < -0.3 is 14.2 Å². The predicted octanol–water partition coefficient (Wildman–Crippen LogP) is 5.63. The maximum Gasteiger partial charge on any atom is 0.267 e. The highest BCUT2D eigenvalue weighted by Gasteiger charge is 2.33. The highest BCUT2D eigenvalue weighted by molar-refractivity contribution is 8.18. The number of aromatic nitrogens is 1. The standard InChI is InChI=1S/C25H23N3O4S2/c1-5-11-28-23(29)21(14-16-12-19(30-2)22(32-4)20(13-16)31-3)34-25(28)27-24-26-18(15-33-24)17-9-7-6-8-10-17/h5-10,12-15H,1,11H2,2-4H3/b21-14-,27-25+. The summed E-state index contributed by atoms with van der Waals surface area (Å²) < 4.78 is 16.2. The Morgan fingerprint density at radius 3 is 2.41 bits per heavy atom. The van der Waals surface area contributed by atoms with Gasteiger partial charge >= 0.3 is 0 Å². The van der Waals surface area contributed by atoms with Crippen LogP contribution >= 0.6 is 23.1 Å². The van der Waals surface area contributed by atoms with Crippen LogP contribution in [0.3, 0.4) is 0 Å². The van der Waals surface area contributed by atoms with Gasteiger partial charge in [-0.05, 0) is 35.5 Å².